The summed E-state index contributed by atoms with van der Waals surface area (Å²) in [6, 6.07) is 4.82. The third kappa shape index (κ3) is 2.95. The number of aromatic nitrogens is 5. The first kappa shape index (κ1) is 14.1. The number of hydrogen-bond acceptors (Lipinski definition) is 7. The number of hydrogen-bond donors (Lipinski definition) is 0. The molecule has 0 saturated heterocycles. The van der Waals surface area contributed by atoms with Gasteiger partial charge in [-0.15, -0.1) is 21.5 Å². The average Bonchev–Trinajstić information content (AvgIpc) is 3.45. The van der Waals surface area contributed by atoms with E-state index in [0.717, 1.165) is 27.6 Å². The number of thiophene rings is 1. The second-order valence-corrected chi connectivity index (χ2v) is 9.05. The molecule has 0 amide bonds. The number of nitrogens with zero attached hydrogens (tertiary/aromatic N) is 5. The van der Waals surface area contributed by atoms with Crippen LogP contribution in [-0.2, 0) is 6.42 Å². The van der Waals surface area contributed by atoms with Crippen LogP contribution in [0.4, 0.5) is 0 Å². The number of rotatable bonds is 6. The molecular formula is C15H15N5S3. The Hall–Kier alpha value is -1.25. The van der Waals surface area contributed by atoms with Crippen molar-refractivity contribution in [2.75, 3.05) is 0 Å². The first-order valence-corrected chi connectivity index (χ1v) is 10.3. The lowest BCUT2D eigenvalue weighted by Crippen LogP contribution is -2.03. The highest BCUT2D eigenvalue weighted by Gasteiger charge is 2.31. The summed E-state index contributed by atoms with van der Waals surface area (Å²) in [6.45, 7) is 0. The highest BCUT2D eigenvalue weighted by atomic mass is 32.2. The lowest BCUT2D eigenvalue weighted by Gasteiger charge is -2.06. The molecule has 3 aromatic rings. The quantitative estimate of drug-likeness (QED) is 0.660. The van der Waals surface area contributed by atoms with E-state index >= 15 is 0 Å². The maximum Gasteiger partial charge on any atom is 0.198 e. The molecule has 0 aromatic carbocycles. The summed E-state index contributed by atoms with van der Waals surface area (Å²) in [7, 11) is 0. The molecule has 2 aliphatic rings. The summed E-state index contributed by atoms with van der Waals surface area (Å²) in [5.41, 5.74) is 0. The van der Waals surface area contributed by atoms with Crippen molar-refractivity contribution in [2.24, 2.45) is 0 Å². The van der Waals surface area contributed by atoms with Crippen LogP contribution < -0.4 is 0 Å². The molecule has 0 unspecified atom stereocenters. The standard InChI is InChI=1S/C15H15N5S3/c1-2-11(21-7-1)8-12-17-18-14(20(12)10-5-6-10)22-15-16-13(19-23-15)9-3-4-9/h1-2,7,9-10H,3-6,8H2. The molecule has 118 valence electrons. The molecule has 3 heterocycles. The third-order valence-corrected chi connectivity index (χ3v) is 6.71. The van der Waals surface area contributed by atoms with E-state index in [4.69, 9.17) is 0 Å². The molecule has 0 radical (unpaired) electrons. The van der Waals surface area contributed by atoms with E-state index in [9.17, 15) is 0 Å². The molecule has 2 saturated carbocycles. The largest absolute Gasteiger partial charge is 0.302 e. The molecule has 3 aromatic heterocycles. The van der Waals surface area contributed by atoms with Crippen LogP contribution in [0, 0.1) is 0 Å². The van der Waals surface area contributed by atoms with Gasteiger partial charge in [0.05, 0.1) is 0 Å². The second-order valence-electron chi connectivity index (χ2n) is 6.05. The van der Waals surface area contributed by atoms with E-state index in [0.29, 0.717) is 12.0 Å². The first-order chi connectivity index (χ1) is 11.4. The summed E-state index contributed by atoms with van der Waals surface area (Å²) >= 11 is 4.89. The molecule has 0 aliphatic heterocycles. The molecule has 2 fully saturated rings. The van der Waals surface area contributed by atoms with Crippen LogP contribution in [0.1, 0.15) is 54.2 Å². The van der Waals surface area contributed by atoms with Crippen LogP contribution in [0.3, 0.4) is 0 Å². The highest BCUT2D eigenvalue weighted by Crippen LogP contribution is 2.43. The Bertz CT molecular complexity index is 814. The van der Waals surface area contributed by atoms with Crippen molar-refractivity contribution in [1.82, 2.24) is 24.1 Å². The fraction of sp³-hybridized carbons (Fsp3) is 0.467. The normalized spacial score (nSPS) is 17.7. The minimum Gasteiger partial charge on any atom is -0.302 e. The van der Waals surface area contributed by atoms with Gasteiger partial charge in [-0.3, -0.25) is 0 Å². The van der Waals surface area contributed by atoms with E-state index < -0.39 is 0 Å². The van der Waals surface area contributed by atoms with Gasteiger partial charge in [-0.2, -0.15) is 4.37 Å². The van der Waals surface area contributed by atoms with Gasteiger partial charge < -0.3 is 4.57 Å². The van der Waals surface area contributed by atoms with Gasteiger partial charge >= 0.3 is 0 Å². The zero-order chi connectivity index (χ0) is 15.2. The Morgan fingerprint density at radius 1 is 1.22 bits per heavy atom. The molecule has 2 aliphatic carbocycles. The summed E-state index contributed by atoms with van der Waals surface area (Å²) in [4.78, 5) is 6.00. The predicted molar refractivity (Wildman–Crippen MR) is 91.4 cm³/mol. The Kier molecular flexibility index (Phi) is 3.49. The molecule has 5 rings (SSSR count). The SMILES string of the molecule is c1csc(Cc2nnc(Sc3nc(C4CC4)ns3)n2C2CC2)c1. The van der Waals surface area contributed by atoms with Crippen molar-refractivity contribution in [3.63, 3.8) is 0 Å². The molecule has 0 atom stereocenters. The molecule has 0 N–H and O–H groups in total. The topological polar surface area (TPSA) is 56.5 Å². The minimum atomic E-state index is 0.568. The van der Waals surface area contributed by atoms with Gasteiger partial charge in [0.2, 0.25) is 0 Å². The van der Waals surface area contributed by atoms with Crippen LogP contribution in [-0.4, -0.2) is 24.1 Å². The van der Waals surface area contributed by atoms with Crippen molar-refractivity contribution in [3.05, 3.63) is 34.0 Å². The molecule has 8 heteroatoms. The van der Waals surface area contributed by atoms with Gasteiger partial charge in [-0.05, 0) is 60.4 Å². The first-order valence-electron chi connectivity index (χ1n) is 7.84. The van der Waals surface area contributed by atoms with E-state index in [1.165, 1.54) is 42.1 Å². The summed E-state index contributed by atoms with van der Waals surface area (Å²) in [5.74, 6) is 2.70. The summed E-state index contributed by atoms with van der Waals surface area (Å²) in [6.07, 6.45) is 5.80. The Balaban J connectivity index is 1.41. The monoisotopic (exact) mass is 361 g/mol. The lowest BCUT2D eigenvalue weighted by molar-refractivity contribution is 0.635. The van der Waals surface area contributed by atoms with Crippen molar-refractivity contribution >= 4 is 34.6 Å². The fourth-order valence-corrected chi connectivity index (χ4v) is 5.02. The second kappa shape index (κ2) is 5.68. The van der Waals surface area contributed by atoms with E-state index in [2.05, 4.69) is 41.6 Å². The molecule has 23 heavy (non-hydrogen) atoms. The van der Waals surface area contributed by atoms with Gasteiger partial charge in [0.25, 0.3) is 0 Å². The van der Waals surface area contributed by atoms with Crippen LogP contribution in [0.5, 0.6) is 0 Å². The van der Waals surface area contributed by atoms with Gasteiger partial charge in [-0.25, -0.2) is 4.98 Å². The van der Waals surface area contributed by atoms with Gasteiger partial charge in [0, 0.05) is 23.3 Å². The van der Waals surface area contributed by atoms with Crippen LogP contribution in [0.2, 0.25) is 0 Å². The Morgan fingerprint density at radius 3 is 2.87 bits per heavy atom. The van der Waals surface area contributed by atoms with Crippen LogP contribution in [0.15, 0.2) is 27.0 Å². The maximum absolute atomic E-state index is 4.66. The van der Waals surface area contributed by atoms with Gasteiger partial charge in [0.1, 0.15) is 11.6 Å². The Labute approximate surface area is 146 Å². The average molecular weight is 362 g/mol. The molecule has 5 nitrogen and oxygen atoms in total. The smallest absolute Gasteiger partial charge is 0.198 e. The summed E-state index contributed by atoms with van der Waals surface area (Å²) < 4.78 is 7.80. The Morgan fingerprint density at radius 2 is 2.13 bits per heavy atom. The highest BCUT2D eigenvalue weighted by molar-refractivity contribution is 8.00. The van der Waals surface area contributed by atoms with Gasteiger partial charge in [0.15, 0.2) is 9.50 Å². The summed E-state index contributed by atoms with van der Waals surface area (Å²) in [5, 5.41) is 12.0. The van der Waals surface area contributed by atoms with Crippen molar-refractivity contribution in [3.8, 4) is 0 Å². The lowest BCUT2D eigenvalue weighted by atomic mass is 10.3. The van der Waals surface area contributed by atoms with E-state index in [1.54, 1.807) is 23.1 Å². The molecular weight excluding hydrogens is 346 g/mol. The maximum atomic E-state index is 4.66. The third-order valence-electron chi connectivity index (χ3n) is 4.10. The van der Waals surface area contributed by atoms with Crippen LogP contribution in [0.25, 0.3) is 0 Å². The predicted octanol–water partition coefficient (Wildman–Crippen LogP) is 4.15. The van der Waals surface area contributed by atoms with E-state index in [-0.39, 0.29) is 0 Å². The van der Waals surface area contributed by atoms with Crippen molar-refractivity contribution in [2.45, 2.75) is 53.6 Å². The fourth-order valence-electron chi connectivity index (χ4n) is 2.61. The van der Waals surface area contributed by atoms with Crippen molar-refractivity contribution < 1.29 is 0 Å². The van der Waals surface area contributed by atoms with Crippen LogP contribution >= 0.6 is 34.6 Å². The zero-order valence-corrected chi connectivity index (χ0v) is 14.8. The molecule has 0 bridgehead atoms. The van der Waals surface area contributed by atoms with E-state index in [1.807, 2.05) is 0 Å². The van der Waals surface area contributed by atoms with Crippen molar-refractivity contribution in [1.29, 1.82) is 0 Å². The van der Waals surface area contributed by atoms with Gasteiger partial charge in [-0.1, -0.05) is 6.07 Å². The zero-order valence-electron chi connectivity index (χ0n) is 12.4. The molecule has 0 spiro atoms. The minimum absolute atomic E-state index is 0.568.